The van der Waals surface area contributed by atoms with Crippen molar-refractivity contribution in [2.24, 2.45) is 0 Å². The van der Waals surface area contributed by atoms with E-state index in [1.807, 2.05) is 6.92 Å². The molecule has 1 unspecified atom stereocenters. The van der Waals surface area contributed by atoms with Gasteiger partial charge in [0.05, 0.1) is 25.3 Å². The average Bonchev–Trinajstić information content (AvgIpc) is 3.20. The second-order valence-corrected chi connectivity index (χ2v) is 8.90. The van der Waals surface area contributed by atoms with Crippen LogP contribution in [0.3, 0.4) is 0 Å². The fraction of sp³-hybridized carbons (Fsp3) is 0.400. The standard InChI is InChI=1S/C30H38N2O6/c1-6-18-37-23-13-10-21(11-14-23)28(33)26-27(22-12-15-24(38-19-7-2)25(20-22)36-5)32(30(35)29(26)34)17-16-31(8-3)9-4/h7,10-15,20,27,33H,2,6,8-9,16-19H2,1,3-5H3/b28-26+. The predicted octanol–water partition coefficient (Wildman–Crippen LogP) is 4.81. The maximum absolute atomic E-state index is 13.4. The number of nitrogens with zero attached hydrogens (tertiary/aromatic N) is 2. The summed E-state index contributed by atoms with van der Waals surface area (Å²) in [4.78, 5) is 30.4. The van der Waals surface area contributed by atoms with Gasteiger partial charge >= 0.3 is 0 Å². The minimum atomic E-state index is -0.788. The Morgan fingerprint density at radius 2 is 1.76 bits per heavy atom. The van der Waals surface area contributed by atoms with E-state index < -0.39 is 17.7 Å². The highest BCUT2D eigenvalue weighted by Crippen LogP contribution is 2.42. The summed E-state index contributed by atoms with van der Waals surface area (Å²) in [7, 11) is 1.53. The van der Waals surface area contributed by atoms with Gasteiger partial charge < -0.3 is 29.1 Å². The number of likely N-dealkylation sites (tertiary alicyclic amines) is 1. The Balaban J connectivity index is 2.09. The van der Waals surface area contributed by atoms with E-state index >= 15 is 0 Å². The van der Waals surface area contributed by atoms with Crippen LogP contribution in [0.4, 0.5) is 0 Å². The first-order valence-electron chi connectivity index (χ1n) is 13.1. The van der Waals surface area contributed by atoms with Gasteiger partial charge in [-0.05, 0) is 61.5 Å². The van der Waals surface area contributed by atoms with Crippen LogP contribution in [0.25, 0.3) is 5.76 Å². The number of aliphatic hydroxyl groups excluding tert-OH is 1. The number of carbonyl (C=O) groups excluding carboxylic acids is 2. The molecule has 1 fully saturated rings. The van der Waals surface area contributed by atoms with Crippen molar-refractivity contribution < 1.29 is 28.9 Å². The fourth-order valence-corrected chi connectivity index (χ4v) is 4.45. The number of hydrogen-bond donors (Lipinski definition) is 1. The maximum Gasteiger partial charge on any atom is 0.295 e. The monoisotopic (exact) mass is 522 g/mol. The van der Waals surface area contributed by atoms with Gasteiger partial charge in [0.15, 0.2) is 11.5 Å². The highest BCUT2D eigenvalue weighted by Gasteiger charge is 2.46. The largest absolute Gasteiger partial charge is 0.507 e. The van der Waals surface area contributed by atoms with Crippen LogP contribution in [0.5, 0.6) is 17.2 Å². The molecule has 1 aliphatic rings. The lowest BCUT2D eigenvalue weighted by molar-refractivity contribution is -0.140. The third-order valence-electron chi connectivity index (χ3n) is 6.55. The smallest absolute Gasteiger partial charge is 0.295 e. The first-order valence-corrected chi connectivity index (χ1v) is 13.1. The van der Waals surface area contributed by atoms with Gasteiger partial charge in [0, 0.05) is 18.7 Å². The molecule has 1 amide bonds. The molecule has 0 saturated carbocycles. The van der Waals surface area contributed by atoms with Gasteiger partial charge in [0.2, 0.25) is 0 Å². The molecule has 1 saturated heterocycles. The molecular weight excluding hydrogens is 484 g/mol. The van der Waals surface area contributed by atoms with E-state index in [2.05, 4.69) is 25.3 Å². The molecule has 0 radical (unpaired) electrons. The van der Waals surface area contributed by atoms with Crippen LogP contribution in [0.15, 0.2) is 60.7 Å². The van der Waals surface area contributed by atoms with Crippen LogP contribution < -0.4 is 14.2 Å². The van der Waals surface area contributed by atoms with Gasteiger partial charge in [-0.25, -0.2) is 0 Å². The molecule has 0 aromatic heterocycles. The Morgan fingerprint density at radius 1 is 1.05 bits per heavy atom. The molecule has 0 spiro atoms. The number of hydrogen-bond acceptors (Lipinski definition) is 7. The molecule has 1 N–H and O–H groups in total. The van der Waals surface area contributed by atoms with Gasteiger partial charge in [-0.15, -0.1) is 0 Å². The SMILES string of the molecule is C=CCOc1ccc(C2/C(=C(\O)c3ccc(OCCC)cc3)C(=O)C(=O)N2CCN(CC)CC)cc1OC. The van der Waals surface area contributed by atoms with Crippen molar-refractivity contribution >= 4 is 17.4 Å². The van der Waals surface area contributed by atoms with E-state index in [0.717, 1.165) is 19.5 Å². The zero-order valence-corrected chi connectivity index (χ0v) is 22.7. The Bertz CT molecular complexity index is 1150. The van der Waals surface area contributed by atoms with E-state index in [-0.39, 0.29) is 11.3 Å². The molecule has 8 heteroatoms. The molecule has 1 aliphatic heterocycles. The zero-order valence-electron chi connectivity index (χ0n) is 22.7. The molecule has 2 aromatic rings. The molecule has 1 atom stereocenters. The summed E-state index contributed by atoms with van der Waals surface area (Å²) in [5.74, 6) is 0.0445. The molecular formula is C30H38N2O6. The quantitative estimate of drug-likeness (QED) is 0.165. The van der Waals surface area contributed by atoms with Crippen molar-refractivity contribution in [2.75, 3.05) is 46.5 Å². The number of amides is 1. The van der Waals surface area contributed by atoms with Gasteiger partial charge in [-0.1, -0.05) is 39.5 Å². The van der Waals surface area contributed by atoms with Crippen molar-refractivity contribution in [2.45, 2.75) is 33.2 Å². The Kier molecular flexibility index (Phi) is 10.4. The lowest BCUT2D eigenvalue weighted by Crippen LogP contribution is -2.38. The van der Waals surface area contributed by atoms with Gasteiger partial charge in [0.25, 0.3) is 11.7 Å². The summed E-state index contributed by atoms with van der Waals surface area (Å²) < 4.78 is 16.9. The van der Waals surface area contributed by atoms with Crippen LogP contribution in [0, 0.1) is 0 Å². The molecule has 3 rings (SSSR count). The summed E-state index contributed by atoms with van der Waals surface area (Å²) in [6, 6.07) is 11.3. The molecule has 0 bridgehead atoms. The molecule has 8 nitrogen and oxygen atoms in total. The fourth-order valence-electron chi connectivity index (χ4n) is 4.45. The number of Topliss-reactive ketones (excluding diaryl/α,β-unsaturated/α-hetero) is 1. The summed E-state index contributed by atoms with van der Waals surface area (Å²) in [6.07, 6.45) is 2.51. The molecule has 0 aliphatic carbocycles. The van der Waals surface area contributed by atoms with Gasteiger partial charge in [-0.2, -0.15) is 0 Å². The van der Waals surface area contributed by atoms with Gasteiger partial charge in [0.1, 0.15) is 18.1 Å². The van der Waals surface area contributed by atoms with Crippen LogP contribution in [0.2, 0.25) is 0 Å². The van der Waals surface area contributed by atoms with E-state index in [9.17, 15) is 14.7 Å². The highest BCUT2D eigenvalue weighted by molar-refractivity contribution is 6.46. The second-order valence-electron chi connectivity index (χ2n) is 8.90. The van der Waals surface area contributed by atoms with Crippen molar-refractivity contribution in [1.29, 1.82) is 0 Å². The molecule has 204 valence electrons. The maximum atomic E-state index is 13.4. The first-order chi connectivity index (χ1) is 18.4. The molecule has 2 aromatic carbocycles. The number of ether oxygens (including phenoxy) is 3. The van der Waals surface area contributed by atoms with Crippen molar-refractivity contribution in [1.82, 2.24) is 9.80 Å². The Labute approximate surface area is 225 Å². The number of ketones is 1. The summed E-state index contributed by atoms with van der Waals surface area (Å²) >= 11 is 0. The van der Waals surface area contributed by atoms with Crippen LogP contribution in [-0.2, 0) is 9.59 Å². The molecule has 1 heterocycles. The molecule has 38 heavy (non-hydrogen) atoms. The summed E-state index contributed by atoms with van der Waals surface area (Å²) in [5.41, 5.74) is 1.10. The third-order valence-corrected chi connectivity index (χ3v) is 6.55. The Morgan fingerprint density at radius 3 is 2.37 bits per heavy atom. The lowest BCUT2D eigenvalue weighted by Gasteiger charge is -2.28. The number of likely N-dealkylation sites (N-methyl/N-ethyl adjacent to an activating group) is 1. The van der Waals surface area contributed by atoms with Crippen LogP contribution in [-0.4, -0.2) is 73.1 Å². The number of methoxy groups -OCH3 is 1. The van der Waals surface area contributed by atoms with Crippen molar-refractivity contribution in [3.8, 4) is 17.2 Å². The zero-order chi connectivity index (χ0) is 27.7. The lowest BCUT2D eigenvalue weighted by atomic mass is 9.95. The normalized spacial score (nSPS) is 16.7. The highest BCUT2D eigenvalue weighted by atomic mass is 16.5. The van der Waals surface area contributed by atoms with E-state index in [1.165, 1.54) is 12.0 Å². The van der Waals surface area contributed by atoms with Gasteiger partial charge in [-0.3, -0.25) is 9.59 Å². The van der Waals surface area contributed by atoms with E-state index in [1.54, 1.807) is 48.5 Å². The second kappa shape index (κ2) is 13.7. The minimum absolute atomic E-state index is 0.0404. The van der Waals surface area contributed by atoms with Crippen molar-refractivity contribution in [3.63, 3.8) is 0 Å². The van der Waals surface area contributed by atoms with E-state index in [4.69, 9.17) is 14.2 Å². The predicted molar refractivity (Wildman–Crippen MR) is 148 cm³/mol. The summed E-state index contributed by atoms with van der Waals surface area (Å²) in [5, 5.41) is 11.4. The van der Waals surface area contributed by atoms with Crippen LogP contribution in [0.1, 0.15) is 44.4 Å². The average molecular weight is 523 g/mol. The number of benzene rings is 2. The first kappa shape index (κ1) is 28.8. The minimum Gasteiger partial charge on any atom is -0.507 e. The number of aliphatic hydroxyl groups is 1. The number of carbonyl (C=O) groups is 2. The third kappa shape index (κ3) is 6.37. The number of rotatable bonds is 14. The Hall–Kier alpha value is -3.78. The topological polar surface area (TPSA) is 88.5 Å². The van der Waals surface area contributed by atoms with E-state index in [0.29, 0.717) is 54.7 Å². The van der Waals surface area contributed by atoms with Crippen molar-refractivity contribution in [3.05, 3.63) is 71.8 Å². The van der Waals surface area contributed by atoms with Crippen LogP contribution >= 0.6 is 0 Å². The summed E-state index contributed by atoms with van der Waals surface area (Å²) in [6.45, 7) is 13.2.